The summed E-state index contributed by atoms with van der Waals surface area (Å²) in [5.41, 5.74) is 0. The lowest BCUT2D eigenvalue weighted by Gasteiger charge is -2.32. The van der Waals surface area contributed by atoms with Crippen LogP contribution in [-0.2, 0) is 9.53 Å². The number of nitrogens with one attached hydrogen (secondary N) is 1. The third-order valence-electron chi connectivity index (χ3n) is 2.71. The van der Waals surface area contributed by atoms with Crippen LogP contribution in [0.3, 0.4) is 0 Å². The topological polar surface area (TPSA) is 82.0 Å². The van der Waals surface area contributed by atoms with E-state index in [-0.39, 0.29) is 25.0 Å². The number of halogens is 3. The first-order valence-corrected chi connectivity index (χ1v) is 5.01. The fourth-order valence-corrected chi connectivity index (χ4v) is 1.77. The molecule has 9 heteroatoms. The molecule has 2 rings (SSSR count). The summed E-state index contributed by atoms with van der Waals surface area (Å²) in [7, 11) is 0. The number of carbonyl (C=O) groups excluding carboxylic acids is 1. The van der Waals surface area contributed by atoms with Crippen LogP contribution < -0.4 is 5.32 Å². The fraction of sp³-hybridized carbons (Fsp3) is 0.667. The van der Waals surface area contributed by atoms with Crippen molar-refractivity contribution < 1.29 is 28.5 Å². The number of rotatable bonds is 2. The molecule has 0 saturated carbocycles. The van der Waals surface area contributed by atoms with Crippen molar-refractivity contribution >= 4 is 18.3 Å². The highest BCUT2D eigenvalue weighted by atomic mass is 35.5. The van der Waals surface area contributed by atoms with Crippen molar-refractivity contribution in [3.05, 3.63) is 12.3 Å². The van der Waals surface area contributed by atoms with Gasteiger partial charge in [0.25, 0.3) is 0 Å². The zero-order chi connectivity index (χ0) is 12.6. The van der Waals surface area contributed by atoms with Gasteiger partial charge >= 0.3 is 5.92 Å². The molecule has 1 saturated heterocycles. The first-order chi connectivity index (χ1) is 7.96. The molecule has 0 aliphatic carbocycles. The Morgan fingerprint density at radius 1 is 1.61 bits per heavy atom. The first kappa shape index (κ1) is 15.1. The van der Waals surface area contributed by atoms with Gasteiger partial charge in [-0.15, -0.1) is 12.4 Å². The number of amides is 1. The standard InChI is InChI=1S/C9H12F2N2O4.ClH/c10-9(11)7(16)5(3-14)17-8(9)13-2-1-6(15)12-4-13;/h1-2,5,7-8,14,16H,3-4H2,(H,12,15);1H/t5-,7-,8-;/m1./s1. The number of hydrogen-bond acceptors (Lipinski definition) is 5. The Kier molecular flexibility index (Phi) is 4.49. The third-order valence-corrected chi connectivity index (χ3v) is 2.71. The Morgan fingerprint density at radius 3 is 2.72 bits per heavy atom. The van der Waals surface area contributed by atoms with Crippen LogP contribution in [-0.4, -0.2) is 58.7 Å². The molecule has 3 N–H and O–H groups in total. The van der Waals surface area contributed by atoms with E-state index in [0.717, 1.165) is 11.0 Å². The number of alkyl halides is 2. The van der Waals surface area contributed by atoms with E-state index in [1.54, 1.807) is 0 Å². The van der Waals surface area contributed by atoms with E-state index in [2.05, 4.69) is 5.32 Å². The minimum absolute atomic E-state index is 0. The molecule has 104 valence electrons. The van der Waals surface area contributed by atoms with Crippen molar-refractivity contribution in [2.24, 2.45) is 0 Å². The average Bonchev–Trinajstić information content (AvgIpc) is 2.53. The summed E-state index contributed by atoms with van der Waals surface area (Å²) >= 11 is 0. The summed E-state index contributed by atoms with van der Waals surface area (Å²) < 4.78 is 32.2. The molecule has 0 aromatic heterocycles. The summed E-state index contributed by atoms with van der Waals surface area (Å²) in [5, 5.41) is 20.4. The molecule has 0 radical (unpaired) electrons. The van der Waals surface area contributed by atoms with Gasteiger partial charge in [-0.1, -0.05) is 0 Å². The molecule has 3 atom stereocenters. The lowest BCUT2D eigenvalue weighted by atomic mass is 10.1. The van der Waals surface area contributed by atoms with Crippen LogP contribution in [0.2, 0.25) is 0 Å². The maximum absolute atomic E-state index is 13.6. The molecule has 0 aromatic rings. The Labute approximate surface area is 108 Å². The van der Waals surface area contributed by atoms with Crippen molar-refractivity contribution in [1.82, 2.24) is 10.2 Å². The van der Waals surface area contributed by atoms with E-state index in [1.165, 1.54) is 6.20 Å². The Hall–Kier alpha value is -0.960. The van der Waals surface area contributed by atoms with Crippen molar-refractivity contribution in [2.45, 2.75) is 24.4 Å². The van der Waals surface area contributed by atoms with E-state index < -0.39 is 31.0 Å². The summed E-state index contributed by atoms with van der Waals surface area (Å²) in [6.07, 6.45) is -2.85. The summed E-state index contributed by atoms with van der Waals surface area (Å²) in [6.45, 7) is -0.836. The molecule has 6 nitrogen and oxygen atoms in total. The van der Waals surface area contributed by atoms with Gasteiger partial charge in [0.2, 0.25) is 5.91 Å². The smallest absolute Gasteiger partial charge is 0.319 e. The number of aliphatic hydroxyl groups excluding tert-OH is 2. The van der Waals surface area contributed by atoms with Crippen molar-refractivity contribution in [3.63, 3.8) is 0 Å². The SMILES string of the molecule is Cl.O=C1C=CN([C@@H]2O[C@H](CO)[C@@H](O)C2(F)F)CN1. The molecule has 0 unspecified atom stereocenters. The Bertz CT molecular complexity index is 355. The summed E-state index contributed by atoms with van der Waals surface area (Å²) in [4.78, 5) is 11.9. The van der Waals surface area contributed by atoms with Gasteiger partial charge in [0.1, 0.15) is 6.10 Å². The second kappa shape index (κ2) is 5.35. The van der Waals surface area contributed by atoms with E-state index in [4.69, 9.17) is 9.84 Å². The highest BCUT2D eigenvalue weighted by Gasteiger charge is 2.60. The minimum Gasteiger partial charge on any atom is -0.394 e. The Morgan fingerprint density at radius 2 is 2.28 bits per heavy atom. The molecule has 0 aromatic carbocycles. The van der Waals surface area contributed by atoms with E-state index in [9.17, 15) is 18.7 Å². The van der Waals surface area contributed by atoms with Gasteiger partial charge in [0, 0.05) is 12.3 Å². The number of aliphatic hydroxyl groups is 2. The molecular weight excluding hydrogens is 274 g/mol. The predicted octanol–water partition coefficient (Wildman–Crippen LogP) is -0.975. The highest BCUT2D eigenvalue weighted by Crippen LogP contribution is 2.38. The summed E-state index contributed by atoms with van der Waals surface area (Å²) in [6, 6.07) is 0. The van der Waals surface area contributed by atoms with Crippen LogP contribution in [0, 0.1) is 0 Å². The van der Waals surface area contributed by atoms with E-state index in [0.29, 0.717) is 0 Å². The van der Waals surface area contributed by atoms with Gasteiger partial charge < -0.3 is 25.2 Å². The molecular formula is C9H13ClF2N2O4. The van der Waals surface area contributed by atoms with Gasteiger partial charge in [-0.3, -0.25) is 4.79 Å². The quantitative estimate of drug-likeness (QED) is 0.608. The van der Waals surface area contributed by atoms with E-state index >= 15 is 0 Å². The molecule has 2 aliphatic heterocycles. The summed E-state index contributed by atoms with van der Waals surface area (Å²) in [5.74, 6) is -3.90. The largest absolute Gasteiger partial charge is 0.394 e. The number of nitrogens with zero attached hydrogens (tertiary/aromatic N) is 1. The van der Waals surface area contributed by atoms with Crippen molar-refractivity contribution in [1.29, 1.82) is 0 Å². The molecule has 2 heterocycles. The van der Waals surface area contributed by atoms with Crippen LogP contribution in [0.4, 0.5) is 8.78 Å². The Balaban J connectivity index is 0.00000162. The minimum atomic E-state index is -3.51. The van der Waals surface area contributed by atoms with Gasteiger partial charge in [-0.2, -0.15) is 8.78 Å². The van der Waals surface area contributed by atoms with Gasteiger partial charge in [-0.05, 0) is 0 Å². The van der Waals surface area contributed by atoms with Crippen molar-refractivity contribution in [3.8, 4) is 0 Å². The van der Waals surface area contributed by atoms with Crippen molar-refractivity contribution in [2.75, 3.05) is 13.3 Å². The van der Waals surface area contributed by atoms with Gasteiger partial charge in [0.15, 0.2) is 12.3 Å². The van der Waals surface area contributed by atoms with Gasteiger partial charge in [-0.25, -0.2) is 0 Å². The first-order valence-electron chi connectivity index (χ1n) is 5.01. The van der Waals surface area contributed by atoms with Gasteiger partial charge in [0.05, 0.1) is 13.3 Å². The average molecular weight is 287 g/mol. The van der Waals surface area contributed by atoms with Crippen LogP contribution in [0.25, 0.3) is 0 Å². The number of hydrogen-bond donors (Lipinski definition) is 3. The van der Waals surface area contributed by atoms with Crippen LogP contribution in [0.1, 0.15) is 0 Å². The monoisotopic (exact) mass is 286 g/mol. The normalized spacial score (nSPS) is 34.1. The number of ether oxygens (including phenoxy) is 1. The molecule has 18 heavy (non-hydrogen) atoms. The van der Waals surface area contributed by atoms with E-state index in [1.807, 2.05) is 0 Å². The van der Waals surface area contributed by atoms with Crippen LogP contribution in [0.15, 0.2) is 12.3 Å². The predicted molar refractivity (Wildman–Crippen MR) is 57.9 cm³/mol. The molecule has 1 fully saturated rings. The molecule has 2 aliphatic rings. The van der Waals surface area contributed by atoms with Crippen LogP contribution >= 0.6 is 12.4 Å². The van der Waals surface area contributed by atoms with Crippen LogP contribution in [0.5, 0.6) is 0 Å². The molecule has 1 amide bonds. The third kappa shape index (κ3) is 2.41. The highest BCUT2D eigenvalue weighted by molar-refractivity contribution is 5.87. The maximum atomic E-state index is 13.6. The zero-order valence-corrected chi connectivity index (χ0v) is 9.94. The number of carbonyl (C=O) groups is 1. The zero-order valence-electron chi connectivity index (χ0n) is 9.12. The molecule has 0 bridgehead atoms. The molecule has 0 spiro atoms. The second-order valence-electron chi connectivity index (χ2n) is 3.86. The fourth-order valence-electron chi connectivity index (χ4n) is 1.77. The lowest BCUT2D eigenvalue weighted by Crippen LogP contribution is -2.51. The lowest BCUT2D eigenvalue weighted by molar-refractivity contribution is -0.159. The maximum Gasteiger partial charge on any atom is 0.319 e. The second-order valence-corrected chi connectivity index (χ2v) is 3.86.